The normalized spacial score (nSPS) is 28.7. The van der Waals surface area contributed by atoms with E-state index < -0.39 is 0 Å². The fraction of sp³-hybridized carbons (Fsp3) is 1.00. The monoisotopic (exact) mass is 297 g/mol. The van der Waals surface area contributed by atoms with Crippen molar-refractivity contribution in [1.82, 2.24) is 5.32 Å². The largest absolute Gasteiger partial charge is 0.376 e. The molecule has 2 rings (SSSR count). The maximum absolute atomic E-state index is 6.21. The van der Waals surface area contributed by atoms with Gasteiger partial charge in [-0.05, 0) is 51.0 Å². The van der Waals surface area contributed by atoms with Crippen molar-refractivity contribution in [2.24, 2.45) is 11.3 Å². The maximum atomic E-state index is 6.21. The van der Waals surface area contributed by atoms with Gasteiger partial charge in [0.1, 0.15) is 0 Å². The third kappa shape index (κ3) is 4.00. The molecule has 2 aliphatic rings. The van der Waals surface area contributed by atoms with Crippen LogP contribution in [0.3, 0.4) is 0 Å². The van der Waals surface area contributed by atoms with E-state index in [1.165, 1.54) is 32.1 Å². The van der Waals surface area contributed by atoms with Gasteiger partial charge in [-0.3, -0.25) is 0 Å². The Balaban J connectivity index is 2.11. The van der Waals surface area contributed by atoms with Crippen molar-refractivity contribution in [3.63, 3.8) is 0 Å². The lowest BCUT2D eigenvalue weighted by molar-refractivity contribution is -0.118. The fourth-order valence-corrected chi connectivity index (χ4v) is 4.45. The van der Waals surface area contributed by atoms with Crippen LogP contribution in [-0.4, -0.2) is 38.0 Å². The van der Waals surface area contributed by atoms with Gasteiger partial charge in [-0.1, -0.05) is 33.6 Å². The van der Waals surface area contributed by atoms with Gasteiger partial charge in [-0.15, -0.1) is 0 Å². The van der Waals surface area contributed by atoms with Gasteiger partial charge in [-0.25, -0.2) is 0 Å². The van der Waals surface area contributed by atoms with E-state index in [-0.39, 0.29) is 17.1 Å². The molecule has 1 aliphatic heterocycles. The first kappa shape index (κ1) is 17.2. The van der Waals surface area contributed by atoms with Crippen LogP contribution in [0.5, 0.6) is 0 Å². The molecule has 1 heterocycles. The van der Waals surface area contributed by atoms with Crippen LogP contribution in [0.4, 0.5) is 0 Å². The molecular formula is C18H35NO2. The Morgan fingerprint density at radius 1 is 1.29 bits per heavy atom. The molecule has 3 heteroatoms. The minimum absolute atomic E-state index is 0.158. The number of nitrogens with one attached hydrogen (secondary N) is 1. The van der Waals surface area contributed by atoms with Crippen LogP contribution < -0.4 is 5.32 Å². The van der Waals surface area contributed by atoms with Crippen LogP contribution in [0, 0.1) is 11.3 Å². The molecule has 0 aromatic heterocycles. The SMILES string of the molecule is CCOC(C(NC)C1CCOC2(CCCC2)C1)C(C)(C)C. The zero-order valence-corrected chi connectivity index (χ0v) is 14.7. The summed E-state index contributed by atoms with van der Waals surface area (Å²) < 4.78 is 12.4. The van der Waals surface area contributed by atoms with E-state index in [4.69, 9.17) is 9.47 Å². The Kier molecular flexibility index (Phi) is 5.72. The summed E-state index contributed by atoms with van der Waals surface area (Å²) in [5.41, 5.74) is 0.345. The fourth-order valence-electron chi connectivity index (χ4n) is 4.45. The summed E-state index contributed by atoms with van der Waals surface area (Å²) in [5, 5.41) is 3.59. The molecule has 0 aromatic carbocycles. The molecule has 3 unspecified atom stereocenters. The topological polar surface area (TPSA) is 30.5 Å². The van der Waals surface area contributed by atoms with Crippen molar-refractivity contribution in [3.05, 3.63) is 0 Å². The van der Waals surface area contributed by atoms with Gasteiger partial charge in [0.05, 0.1) is 11.7 Å². The molecule has 0 aromatic rings. The van der Waals surface area contributed by atoms with E-state index in [1.54, 1.807) is 0 Å². The Morgan fingerprint density at radius 2 is 1.95 bits per heavy atom. The number of hydrogen-bond donors (Lipinski definition) is 1. The number of ether oxygens (including phenoxy) is 2. The molecule has 0 amide bonds. The molecule has 0 bridgehead atoms. The average Bonchev–Trinajstić information content (AvgIpc) is 2.86. The quantitative estimate of drug-likeness (QED) is 0.838. The minimum Gasteiger partial charge on any atom is -0.376 e. The van der Waals surface area contributed by atoms with Gasteiger partial charge >= 0.3 is 0 Å². The average molecular weight is 297 g/mol. The summed E-state index contributed by atoms with van der Waals surface area (Å²) >= 11 is 0. The summed E-state index contributed by atoms with van der Waals surface area (Å²) in [6.45, 7) is 10.7. The minimum atomic E-state index is 0.158. The van der Waals surface area contributed by atoms with E-state index in [0.29, 0.717) is 12.0 Å². The Labute approximate surface area is 131 Å². The predicted octanol–water partition coefficient (Wildman–Crippen LogP) is 3.77. The molecule has 124 valence electrons. The molecule has 1 spiro atoms. The second kappa shape index (κ2) is 6.97. The van der Waals surface area contributed by atoms with E-state index in [2.05, 4.69) is 40.1 Å². The summed E-state index contributed by atoms with van der Waals surface area (Å²) in [4.78, 5) is 0. The summed E-state index contributed by atoms with van der Waals surface area (Å²) in [7, 11) is 2.10. The van der Waals surface area contributed by atoms with Gasteiger partial charge in [-0.2, -0.15) is 0 Å². The molecule has 1 saturated heterocycles. The Hall–Kier alpha value is -0.120. The third-order valence-corrected chi connectivity index (χ3v) is 5.41. The number of rotatable bonds is 5. The first-order chi connectivity index (χ1) is 9.92. The zero-order chi connectivity index (χ0) is 15.5. The summed E-state index contributed by atoms with van der Waals surface area (Å²) in [5.74, 6) is 0.664. The maximum Gasteiger partial charge on any atom is 0.0778 e. The molecule has 1 N–H and O–H groups in total. The highest BCUT2D eigenvalue weighted by Gasteiger charge is 2.45. The Bertz CT molecular complexity index is 318. The van der Waals surface area contributed by atoms with Crippen molar-refractivity contribution < 1.29 is 9.47 Å². The molecule has 21 heavy (non-hydrogen) atoms. The first-order valence-corrected chi connectivity index (χ1v) is 8.85. The smallest absolute Gasteiger partial charge is 0.0778 e. The molecule has 1 aliphatic carbocycles. The van der Waals surface area contributed by atoms with Crippen molar-refractivity contribution >= 4 is 0 Å². The molecular weight excluding hydrogens is 262 g/mol. The van der Waals surface area contributed by atoms with Gasteiger partial charge in [0, 0.05) is 19.3 Å². The molecule has 3 atom stereocenters. The van der Waals surface area contributed by atoms with E-state index in [1.807, 2.05) is 0 Å². The van der Waals surface area contributed by atoms with Gasteiger partial charge in [0.2, 0.25) is 0 Å². The standard InChI is InChI=1S/C18H35NO2/c1-6-20-16(17(2,3)4)15(19-5)14-9-12-21-18(13-14)10-7-8-11-18/h14-16,19H,6-13H2,1-5H3. The van der Waals surface area contributed by atoms with Crippen molar-refractivity contribution in [3.8, 4) is 0 Å². The highest BCUT2D eigenvalue weighted by atomic mass is 16.5. The van der Waals surface area contributed by atoms with Crippen molar-refractivity contribution in [2.75, 3.05) is 20.3 Å². The van der Waals surface area contributed by atoms with Crippen LogP contribution >= 0.6 is 0 Å². The summed E-state index contributed by atoms with van der Waals surface area (Å²) in [6, 6.07) is 0.423. The lowest BCUT2D eigenvalue weighted by Gasteiger charge is -2.46. The highest BCUT2D eigenvalue weighted by molar-refractivity contribution is 4.98. The van der Waals surface area contributed by atoms with Crippen LogP contribution in [0.2, 0.25) is 0 Å². The zero-order valence-electron chi connectivity index (χ0n) is 14.7. The molecule has 2 fully saturated rings. The first-order valence-electron chi connectivity index (χ1n) is 8.85. The second-order valence-electron chi connectivity index (χ2n) is 8.05. The van der Waals surface area contributed by atoms with Crippen molar-refractivity contribution in [2.45, 2.75) is 84.0 Å². The van der Waals surface area contributed by atoms with Gasteiger partial charge in [0.15, 0.2) is 0 Å². The second-order valence-corrected chi connectivity index (χ2v) is 8.05. The molecule has 1 saturated carbocycles. The van der Waals surface area contributed by atoms with E-state index in [0.717, 1.165) is 19.6 Å². The predicted molar refractivity (Wildman–Crippen MR) is 87.6 cm³/mol. The van der Waals surface area contributed by atoms with Crippen LogP contribution in [0.1, 0.15) is 66.2 Å². The van der Waals surface area contributed by atoms with Crippen LogP contribution in [0.15, 0.2) is 0 Å². The lowest BCUT2D eigenvalue weighted by atomic mass is 9.73. The number of likely N-dealkylation sites (N-methyl/N-ethyl adjacent to an activating group) is 1. The Morgan fingerprint density at radius 3 is 2.48 bits per heavy atom. The van der Waals surface area contributed by atoms with Crippen LogP contribution in [-0.2, 0) is 9.47 Å². The third-order valence-electron chi connectivity index (χ3n) is 5.41. The van der Waals surface area contributed by atoms with Crippen LogP contribution in [0.25, 0.3) is 0 Å². The lowest BCUT2D eigenvalue weighted by Crippen LogP contribution is -2.54. The number of hydrogen-bond acceptors (Lipinski definition) is 3. The van der Waals surface area contributed by atoms with Gasteiger partial charge < -0.3 is 14.8 Å². The highest BCUT2D eigenvalue weighted by Crippen LogP contribution is 2.44. The van der Waals surface area contributed by atoms with E-state index >= 15 is 0 Å². The van der Waals surface area contributed by atoms with E-state index in [9.17, 15) is 0 Å². The van der Waals surface area contributed by atoms with Crippen molar-refractivity contribution in [1.29, 1.82) is 0 Å². The molecule has 3 nitrogen and oxygen atoms in total. The van der Waals surface area contributed by atoms with Gasteiger partial charge in [0.25, 0.3) is 0 Å². The molecule has 0 radical (unpaired) electrons. The summed E-state index contributed by atoms with van der Waals surface area (Å²) in [6.07, 6.45) is 7.82.